The van der Waals surface area contributed by atoms with Crippen molar-refractivity contribution in [2.45, 2.75) is 96.3 Å². The Labute approximate surface area is 261 Å². The van der Waals surface area contributed by atoms with Crippen molar-refractivity contribution in [2.75, 3.05) is 13.2 Å². The lowest BCUT2D eigenvalue weighted by molar-refractivity contribution is 0.304. The van der Waals surface area contributed by atoms with Crippen molar-refractivity contribution in [1.29, 1.82) is 0 Å². The molecule has 4 aromatic carbocycles. The molecule has 0 spiro atoms. The van der Waals surface area contributed by atoms with E-state index in [0.717, 1.165) is 37.6 Å². The normalized spacial score (nSPS) is 11.4. The predicted octanol–water partition coefficient (Wildman–Crippen LogP) is 11.5. The fourth-order valence-electron chi connectivity index (χ4n) is 6.12. The Hall–Kier alpha value is -3.52. The van der Waals surface area contributed by atoms with Crippen LogP contribution < -0.4 is 9.47 Å². The maximum Gasteiger partial charge on any atom is 0.119 e. The Bertz CT molecular complexity index is 1160. The van der Waals surface area contributed by atoms with Gasteiger partial charge in [0.05, 0.1) is 18.6 Å². The summed E-state index contributed by atoms with van der Waals surface area (Å²) in [5, 5.41) is 0. The second kappa shape index (κ2) is 18.2. The zero-order valence-corrected chi connectivity index (χ0v) is 26.6. The van der Waals surface area contributed by atoms with E-state index in [4.69, 9.17) is 9.47 Å². The molecule has 0 fully saturated rings. The van der Waals surface area contributed by atoms with E-state index in [1.54, 1.807) is 0 Å². The maximum atomic E-state index is 6.17. The molecular weight excluding hydrogens is 524 g/mol. The number of rotatable bonds is 20. The molecule has 0 amide bonds. The highest BCUT2D eigenvalue weighted by Crippen LogP contribution is 2.45. The summed E-state index contributed by atoms with van der Waals surface area (Å²) in [6.07, 6.45) is 15.2. The van der Waals surface area contributed by atoms with Crippen LogP contribution in [0.15, 0.2) is 109 Å². The average molecular weight is 577 g/mol. The Morgan fingerprint density at radius 2 is 0.698 bits per heavy atom. The quantitative estimate of drug-likeness (QED) is 0.0769. The van der Waals surface area contributed by atoms with Crippen LogP contribution in [-0.4, -0.2) is 13.2 Å². The molecule has 0 unspecified atom stereocenters. The van der Waals surface area contributed by atoms with Gasteiger partial charge in [-0.15, -0.1) is 0 Å². The third kappa shape index (κ3) is 9.23. The van der Waals surface area contributed by atoms with Crippen molar-refractivity contribution in [3.8, 4) is 11.5 Å². The molecule has 2 nitrogen and oxygen atoms in total. The lowest BCUT2D eigenvalue weighted by Gasteiger charge is -2.37. The topological polar surface area (TPSA) is 18.5 Å². The Morgan fingerprint density at radius 1 is 0.372 bits per heavy atom. The van der Waals surface area contributed by atoms with Gasteiger partial charge in [0.25, 0.3) is 0 Å². The smallest absolute Gasteiger partial charge is 0.119 e. The zero-order chi connectivity index (χ0) is 30.0. The van der Waals surface area contributed by atoms with Crippen LogP contribution in [0.4, 0.5) is 0 Å². The first-order valence-electron chi connectivity index (χ1n) is 16.9. The van der Waals surface area contributed by atoms with Gasteiger partial charge in [-0.3, -0.25) is 0 Å². The Morgan fingerprint density at radius 3 is 1.07 bits per heavy atom. The van der Waals surface area contributed by atoms with Crippen molar-refractivity contribution < 1.29 is 9.47 Å². The van der Waals surface area contributed by atoms with Gasteiger partial charge in [0, 0.05) is 0 Å². The number of benzene rings is 4. The number of hydrogen-bond donors (Lipinski definition) is 0. The number of hydrogen-bond acceptors (Lipinski definition) is 2. The lowest BCUT2D eigenvalue weighted by atomic mass is 9.65. The van der Waals surface area contributed by atoms with Gasteiger partial charge in [0.15, 0.2) is 0 Å². The molecule has 0 aliphatic heterocycles. The first kappa shape index (κ1) is 32.4. The second-order valence-electron chi connectivity index (χ2n) is 11.8. The minimum Gasteiger partial charge on any atom is -0.494 e. The molecule has 0 saturated heterocycles. The minimum absolute atomic E-state index is 0.474. The maximum absolute atomic E-state index is 6.17. The van der Waals surface area contributed by atoms with E-state index in [9.17, 15) is 0 Å². The Balaban J connectivity index is 1.57. The molecule has 0 heterocycles. The summed E-state index contributed by atoms with van der Waals surface area (Å²) in [7, 11) is 0. The van der Waals surface area contributed by atoms with Crippen LogP contribution in [0, 0.1) is 0 Å². The fraction of sp³-hybridized carbons (Fsp3) is 0.415. The molecular formula is C41H52O2. The van der Waals surface area contributed by atoms with Crippen molar-refractivity contribution in [1.82, 2.24) is 0 Å². The summed E-state index contributed by atoms with van der Waals surface area (Å²) in [5.74, 6) is 1.87. The number of ether oxygens (including phenoxy) is 2. The van der Waals surface area contributed by atoms with Crippen LogP contribution in [0.25, 0.3) is 0 Å². The van der Waals surface area contributed by atoms with Gasteiger partial charge in [-0.1, -0.05) is 163 Å². The average Bonchev–Trinajstić information content (AvgIpc) is 3.06. The molecule has 0 saturated carbocycles. The lowest BCUT2D eigenvalue weighted by Crippen LogP contribution is -2.31. The van der Waals surface area contributed by atoms with Gasteiger partial charge in [-0.25, -0.2) is 0 Å². The molecule has 2 heteroatoms. The highest BCUT2D eigenvalue weighted by atomic mass is 16.5. The first-order valence-corrected chi connectivity index (χ1v) is 16.9. The molecule has 0 atom stereocenters. The largest absolute Gasteiger partial charge is 0.494 e. The van der Waals surface area contributed by atoms with Gasteiger partial charge in [0.2, 0.25) is 0 Å². The minimum atomic E-state index is -0.474. The summed E-state index contributed by atoms with van der Waals surface area (Å²) in [6.45, 7) is 6.07. The summed E-state index contributed by atoms with van der Waals surface area (Å²) in [6, 6.07) is 39.3. The monoisotopic (exact) mass is 576 g/mol. The zero-order valence-electron chi connectivity index (χ0n) is 26.6. The van der Waals surface area contributed by atoms with Crippen molar-refractivity contribution in [3.63, 3.8) is 0 Å². The molecule has 0 bridgehead atoms. The van der Waals surface area contributed by atoms with E-state index in [0.29, 0.717) is 0 Å². The highest BCUT2D eigenvalue weighted by molar-refractivity contribution is 5.60. The molecule has 228 valence electrons. The van der Waals surface area contributed by atoms with Gasteiger partial charge in [-0.05, 0) is 59.4 Å². The SMILES string of the molecule is CCCCCCCCOc1ccc(C(c2ccccc2)(c2ccccc2)c2ccc(OCCCCCCCC)cc2)cc1. The van der Waals surface area contributed by atoms with Crippen LogP contribution in [0.3, 0.4) is 0 Å². The van der Waals surface area contributed by atoms with Crippen LogP contribution in [-0.2, 0) is 5.41 Å². The molecule has 0 aliphatic rings. The van der Waals surface area contributed by atoms with E-state index < -0.39 is 5.41 Å². The van der Waals surface area contributed by atoms with Crippen LogP contribution in [0.2, 0.25) is 0 Å². The van der Waals surface area contributed by atoms with E-state index >= 15 is 0 Å². The molecule has 0 aliphatic carbocycles. The Kier molecular flexibility index (Phi) is 13.7. The van der Waals surface area contributed by atoms with Gasteiger partial charge in [0.1, 0.15) is 11.5 Å². The summed E-state index contributed by atoms with van der Waals surface area (Å²) in [4.78, 5) is 0. The van der Waals surface area contributed by atoms with Gasteiger partial charge >= 0.3 is 0 Å². The van der Waals surface area contributed by atoms with Crippen LogP contribution in [0.5, 0.6) is 11.5 Å². The first-order chi connectivity index (χ1) is 21.3. The third-order valence-electron chi connectivity index (χ3n) is 8.52. The number of unbranched alkanes of at least 4 members (excludes halogenated alkanes) is 10. The molecule has 43 heavy (non-hydrogen) atoms. The predicted molar refractivity (Wildman–Crippen MR) is 182 cm³/mol. The second-order valence-corrected chi connectivity index (χ2v) is 11.8. The molecule has 4 aromatic rings. The van der Waals surface area contributed by atoms with Crippen LogP contribution in [0.1, 0.15) is 113 Å². The summed E-state index contributed by atoms with van der Waals surface area (Å²) < 4.78 is 12.3. The van der Waals surface area contributed by atoms with Crippen LogP contribution >= 0.6 is 0 Å². The van der Waals surface area contributed by atoms with Crippen molar-refractivity contribution in [3.05, 3.63) is 131 Å². The van der Waals surface area contributed by atoms with Crippen molar-refractivity contribution in [2.24, 2.45) is 0 Å². The summed E-state index contributed by atoms with van der Waals surface area (Å²) in [5.41, 5.74) is 4.44. The molecule has 0 N–H and O–H groups in total. The molecule has 0 aromatic heterocycles. The molecule has 0 radical (unpaired) electrons. The van der Waals surface area contributed by atoms with Crippen molar-refractivity contribution >= 4 is 0 Å². The van der Waals surface area contributed by atoms with E-state index in [1.807, 2.05) is 0 Å². The van der Waals surface area contributed by atoms with E-state index in [1.165, 1.54) is 86.5 Å². The fourth-order valence-corrected chi connectivity index (χ4v) is 6.12. The van der Waals surface area contributed by atoms with Gasteiger partial charge in [-0.2, -0.15) is 0 Å². The van der Waals surface area contributed by atoms with E-state index in [-0.39, 0.29) is 0 Å². The highest BCUT2D eigenvalue weighted by Gasteiger charge is 2.38. The van der Waals surface area contributed by atoms with Gasteiger partial charge < -0.3 is 9.47 Å². The standard InChI is InChI=1S/C41H52O2/c1-3-5-7-9-11-19-33-42-39-29-25-37(26-30-39)41(35-21-15-13-16-22-35,36-23-17-14-18-24-36)38-27-31-40(32-28-38)43-34-20-12-10-8-6-4-2/h13-18,21-32H,3-12,19-20,33-34H2,1-2H3. The third-order valence-corrected chi connectivity index (χ3v) is 8.52. The molecule has 4 rings (SSSR count). The summed E-state index contributed by atoms with van der Waals surface area (Å²) >= 11 is 0. The van der Waals surface area contributed by atoms with E-state index in [2.05, 4.69) is 123 Å².